The summed E-state index contributed by atoms with van der Waals surface area (Å²) < 4.78 is 0. The number of piperazine rings is 1. The van der Waals surface area contributed by atoms with Crippen LogP contribution in [0.15, 0.2) is 24.4 Å². The van der Waals surface area contributed by atoms with Crippen molar-refractivity contribution in [3.05, 3.63) is 30.1 Å². The molecular weight excluding hydrogens is 296 g/mol. The molecule has 0 spiro atoms. The van der Waals surface area contributed by atoms with Crippen LogP contribution in [0.2, 0.25) is 0 Å². The largest absolute Gasteiger partial charge is 0.337 e. The molecule has 2 fully saturated rings. The molecule has 6 heteroatoms. The Morgan fingerprint density at radius 3 is 2.86 bits per heavy atom. The van der Waals surface area contributed by atoms with Gasteiger partial charge >= 0.3 is 6.03 Å². The smallest absolute Gasteiger partial charge is 0.317 e. The number of hydrogen-bond acceptors (Lipinski definition) is 4. The summed E-state index contributed by atoms with van der Waals surface area (Å²) >= 11 is 1.98. The molecule has 0 bridgehead atoms. The Bertz CT molecular complexity index is 470. The lowest BCUT2D eigenvalue weighted by Gasteiger charge is -2.34. The fourth-order valence-electron chi connectivity index (χ4n) is 2.95. The van der Waals surface area contributed by atoms with Crippen molar-refractivity contribution in [2.45, 2.75) is 24.6 Å². The number of carbonyl (C=O) groups excluding carboxylic acids is 1. The van der Waals surface area contributed by atoms with Gasteiger partial charge in [0, 0.05) is 50.7 Å². The lowest BCUT2D eigenvalue weighted by molar-refractivity contribution is 0.134. The molecule has 2 amide bonds. The lowest BCUT2D eigenvalue weighted by atomic mass is 10.2. The molecule has 3 rings (SSSR count). The second kappa shape index (κ2) is 7.83. The number of thioether (sulfide) groups is 1. The molecule has 120 valence electrons. The molecule has 0 aliphatic carbocycles. The maximum absolute atomic E-state index is 12.2. The highest BCUT2D eigenvalue weighted by molar-refractivity contribution is 8.00. The summed E-state index contributed by atoms with van der Waals surface area (Å²) in [5, 5.41) is 3.71. The maximum Gasteiger partial charge on any atom is 0.317 e. The van der Waals surface area contributed by atoms with Crippen LogP contribution >= 0.6 is 11.8 Å². The van der Waals surface area contributed by atoms with E-state index in [-0.39, 0.29) is 6.03 Å². The fraction of sp³-hybridized carbons (Fsp3) is 0.625. The van der Waals surface area contributed by atoms with Crippen molar-refractivity contribution in [3.63, 3.8) is 0 Å². The highest BCUT2D eigenvalue weighted by atomic mass is 32.2. The van der Waals surface area contributed by atoms with E-state index in [9.17, 15) is 4.79 Å². The van der Waals surface area contributed by atoms with Gasteiger partial charge in [0.05, 0.1) is 5.69 Å². The van der Waals surface area contributed by atoms with E-state index >= 15 is 0 Å². The van der Waals surface area contributed by atoms with E-state index in [1.807, 2.05) is 35.0 Å². The number of amides is 2. The molecule has 22 heavy (non-hydrogen) atoms. The van der Waals surface area contributed by atoms with Gasteiger partial charge in [0.25, 0.3) is 0 Å². The average Bonchev–Trinajstić information content (AvgIpc) is 3.08. The molecule has 2 aliphatic rings. The molecule has 3 heterocycles. The number of pyridine rings is 1. The van der Waals surface area contributed by atoms with Crippen molar-refractivity contribution in [1.82, 2.24) is 20.1 Å². The minimum Gasteiger partial charge on any atom is -0.337 e. The Hall–Kier alpha value is -1.27. The first-order chi connectivity index (χ1) is 10.8. The Kier molecular flexibility index (Phi) is 5.56. The van der Waals surface area contributed by atoms with Crippen molar-refractivity contribution >= 4 is 17.8 Å². The molecule has 1 aromatic rings. The molecule has 2 saturated heterocycles. The Morgan fingerprint density at radius 2 is 2.18 bits per heavy atom. The predicted octanol–water partition coefficient (Wildman–Crippen LogP) is 1.80. The first kappa shape index (κ1) is 15.6. The van der Waals surface area contributed by atoms with Crippen LogP contribution in [0, 0.1) is 0 Å². The first-order valence-electron chi connectivity index (χ1n) is 8.08. The van der Waals surface area contributed by atoms with Gasteiger partial charge in [0.15, 0.2) is 0 Å². The van der Waals surface area contributed by atoms with E-state index in [0.717, 1.165) is 45.0 Å². The van der Waals surface area contributed by atoms with E-state index in [0.29, 0.717) is 5.25 Å². The van der Waals surface area contributed by atoms with Crippen LogP contribution in [0.1, 0.15) is 18.5 Å². The third-order valence-corrected chi connectivity index (χ3v) is 5.67. The molecule has 5 nitrogen and oxygen atoms in total. The van der Waals surface area contributed by atoms with Crippen LogP contribution in [0.5, 0.6) is 0 Å². The maximum atomic E-state index is 12.2. The monoisotopic (exact) mass is 320 g/mol. The quantitative estimate of drug-likeness (QED) is 0.919. The topological polar surface area (TPSA) is 48.5 Å². The number of aromatic nitrogens is 1. The van der Waals surface area contributed by atoms with Crippen molar-refractivity contribution in [3.8, 4) is 0 Å². The zero-order chi connectivity index (χ0) is 15.2. The van der Waals surface area contributed by atoms with Crippen molar-refractivity contribution in [2.24, 2.45) is 0 Å². The normalized spacial score (nSPS) is 22.7. The van der Waals surface area contributed by atoms with Crippen LogP contribution in [0.3, 0.4) is 0 Å². The van der Waals surface area contributed by atoms with Crippen LogP contribution in [-0.2, 0) is 6.54 Å². The molecule has 0 saturated carbocycles. The summed E-state index contributed by atoms with van der Waals surface area (Å²) in [6.45, 7) is 5.13. The van der Waals surface area contributed by atoms with Crippen LogP contribution < -0.4 is 5.32 Å². The Morgan fingerprint density at radius 1 is 1.32 bits per heavy atom. The van der Waals surface area contributed by atoms with Crippen LogP contribution in [-0.4, -0.2) is 64.5 Å². The first-order valence-corrected chi connectivity index (χ1v) is 9.13. The zero-order valence-corrected chi connectivity index (χ0v) is 13.7. The van der Waals surface area contributed by atoms with E-state index in [1.54, 1.807) is 0 Å². The number of carbonyl (C=O) groups is 1. The highest BCUT2D eigenvalue weighted by Gasteiger charge is 2.22. The number of rotatable bonds is 4. The van der Waals surface area contributed by atoms with Gasteiger partial charge in [-0.25, -0.2) is 4.79 Å². The minimum absolute atomic E-state index is 0.102. The minimum atomic E-state index is 0.102. The molecule has 1 aromatic heterocycles. The van der Waals surface area contributed by atoms with E-state index in [4.69, 9.17) is 0 Å². The number of nitrogens with one attached hydrogen (secondary N) is 1. The standard InChI is InChI=1S/C16H24N4OS/c21-16(18-12-15-5-3-11-22-15)20-9-7-19(8-10-20)13-14-4-1-2-6-17-14/h1-2,4,6,15H,3,5,7-13H2,(H,18,21)/t15-/m1/s1. The van der Waals surface area contributed by atoms with Gasteiger partial charge in [-0.05, 0) is 30.7 Å². The average molecular weight is 320 g/mol. The van der Waals surface area contributed by atoms with Gasteiger partial charge in [-0.15, -0.1) is 0 Å². The Labute approximate surface area is 136 Å². The molecule has 1 N–H and O–H groups in total. The number of urea groups is 1. The second-order valence-electron chi connectivity index (χ2n) is 5.91. The second-order valence-corrected chi connectivity index (χ2v) is 7.31. The fourth-order valence-corrected chi connectivity index (χ4v) is 4.15. The highest BCUT2D eigenvalue weighted by Crippen LogP contribution is 2.25. The summed E-state index contributed by atoms with van der Waals surface area (Å²) in [6, 6.07) is 6.12. The zero-order valence-electron chi connectivity index (χ0n) is 12.9. The third-order valence-electron chi connectivity index (χ3n) is 4.28. The summed E-state index contributed by atoms with van der Waals surface area (Å²) in [7, 11) is 0. The lowest BCUT2D eigenvalue weighted by Crippen LogP contribution is -2.52. The van der Waals surface area contributed by atoms with Gasteiger partial charge in [0.2, 0.25) is 0 Å². The van der Waals surface area contributed by atoms with Gasteiger partial charge < -0.3 is 10.2 Å². The van der Waals surface area contributed by atoms with Crippen LogP contribution in [0.25, 0.3) is 0 Å². The molecule has 2 aliphatic heterocycles. The summed E-state index contributed by atoms with van der Waals surface area (Å²) in [6.07, 6.45) is 4.36. The van der Waals surface area contributed by atoms with Crippen molar-refractivity contribution in [1.29, 1.82) is 0 Å². The molecular formula is C16H24N4OS. The van der Waals surface area contributed by atoms with E-state index in [1.165, 1.54) is 18.6 Å². The third kappa shape index (κ3) is 4.36. The SMILES string of the molecule is O=C(NC[C@H]1CCCS1)N1CCN(Cc2ccccn2)CC1. The van der Waals surface area contributed by atoms with Gasteiger partial charge in [-0.3, -0.25) is 9.88 Å². The predicted molar refractivity (Wildman–Crippen MR) is 90.0 cm³/mol. The van der Waals surface area contributed by atoms with Gasteiger partial charge in [-0.2, -0.15) is 11.8 Å². The molecule has 0 unspecified atom stereocenters. The molecule has 0 radical (unpaired) electrons. The van der Waals surface area contributed by atoms with Crippen molar-refractivity contribution in [2.75, 3.05) is 38.5 Å². The number of nitrogens with zero attached hydrogens (tertiary/aromatic N) is 3. The molecule has 0 aromatic carbocycles. The summed E-state index contributed by atoms with van der Waals surface area (Å²) in [4.78, 5) is 20.9. The van der Waals surface area contributed by atoms with E-state index < -0.39 is 0 Å². The van der Waals surface area contributed by atoms with Gasteiger partial charge in [0.1, 0.15) is 0 Å². The van der Waals surface area contributed by atoms with E-state index in [2.05, 4.69) is 21.3 Å². The molecule has 1 atom stereocenters. The van der Waals surface area contributed by atoms with Gasteiger partial charge in [-0.1, -0.05) is 6.07 Å². The van der Waals surface area contributed by atoms with Crippen molar-refractivity contribution < 1.29 is 4.79 Å². The number of hydrogen-bond donors (Lipinski definition) is 1. The Balaban J connectivity index is 1.38. The summed E-state index contributed by atoms with van der Waals surface area (Å²) in [5.74, 6) is 1.24. The van der Waals surface area contributed by atoms with Crippen LogP contribution in [0.4, 0.5) is 4.79 Å². The summed E-state index contributed by atoms with van der Waals surface area (Å²) in [5.41, 5.74) is 1.10.